The largest absolute Gasteiger partial charge is 0.395 e. The number of nitrogens with one attached hydrogen (secondary N) is 2. The molecule has 134 valence electrons. The average molecular weight is 342 g/mol. The number of piperidine rings is 1. The van der Waals surface area contributed by atoms with Gasteiger partial charge in [-0.1, -0.05) is 18.6 Å². The standard InChI is InChI=1S/C19H26N4O2/c24-14-18-7-1-2-9-23(18)10-4-8-20-19(25)16-6-3-5-15(11-16)17-12-21-22-13-17/h3,5-6,11-13,18,24H,1-2,4,7-10,14H2,(H,20,25)(H,21,22)/t18-/m0/s1. The SMILES string of the molecule is O=C(NCCCN1CCCC[C@H]1CO)c1cccc(-c2cn[nH]c2)c1. The van der Waals surface area contributed by atoms with Gasteiger partial charge in [0.25, 0.3) is 5.91 Å². The van der Waals surface area contributed by atoms with E-state index in [0.717, 1.165) is 37.1 Å². The summed E-state index contributed by atoms with van der Waals surface area (Å²) in [5.74, 6) is -0.0531. The van der Waals surface area contributed by atoms with Crippen molar-refractivity contribution in [1.29, 1.82) is 0 Å². The third-order valence-corrected chi connectivity index (χ3v) is 4.82. The first-order valence-corrected chi connectivity index (χ1v) is 9.00. The maximum atomic E-state index is 12.3. The van der Waals surface area contributed by atoms with E-state index in [-0.39, 0.29) is 18.6 Å². The summed E-state index contributed by atoms with van der Waals surface area (Å²) in [4.78, 5) is 14.7. The van der Waals surface area contributed by atoms with Crippen molar-refractivity contribution in [3.05, 3.63) is 42.2 Å². The molecule has 2 aromatic rings. The van der Waals surface area contributed by atoms with E-state index < -0.39 is 0 Å². The van der Waals surface area contributed by atoms with Gasteiger partial charge in [0.05, 0.1) is 12.8 Å². The molecule has 2 heterocycles. The Morgan fingerprint density at radius 3 is 3.08 bits per heavy atom. The predicted octanol–water partition coefficient (Wildman–Crippen LogP) is 2.04. The number of benzene rings is 1. The molecule has 0 spiro atoms. The van der Waals surface area contributed by atoms with Crippen molar-refractivity contribution in [3.8, 4) is 11.1 Å². The normalized spacial score (nSPS) is 18.2. The number of rotatable bonds is 7. The van der Waals surface area contributed by atoms with E-state index in [1.807, 2.05) is 30.5 Å². The van der Waals surface area contributed by atoms with Crippen LogP contribution in [0.1, 0.15) is 36.0 Å². The van der Waals surface area contributed by atoms with Gasteiger partial charge >= 0.3 is 0 Å². The van der Waals surface area contributed by atoms with Gasteiger partial charge in [0.1, 0.15) is 0 Å². The number of aromatic nitrogens is 2. The quantitative estimate of drug-likeness (QED) is 0.673. The van der Waals surface area contributed by atoms with Crippen molar-refractivity contribution < 1.29 is 9.90 Å². The number of carbonyl (C=O) groups is 1. The lowest BCUT2D eigenvalue weighted by Gasteiger charge is -2.34. The van der Waals surface area contributed by atoms with Crippen LogP contribution in [0.2, 0.25) is 0 Å². The van der Waals surface area contributed by atoms with Gasteiger partial charge in [-0.25, -0.2) is 0 Å². The molecule has 1 aromatic heterocycles. The van der Waals surface area contributed by atoms with E-state index in [4.69, 9.17) is 0 Å². The van der Waals surface area contributed by atoms with Crippen LogP contribution in [0.25, 0.3) is 11.1 Å². The highest BCUT2D eigenvalue weighted by Gasteiger charge is 2.20. The van der Waals surface area contributed by atoms with Crippen LogP contribution in [-0.4, -0.2) is 58.4 Å². The molecule has 3 rings (SSSR count). The van der Waals surface area contributed by atoms with E-state index in [1.165, 1.54) is 12.8 Å². The predicted molar refractivity (Wildman–Crippen MR) is 97.3 cm³/mol. The third kappa shape index (κ3) is 4.67. The summed E-state index contributed by atoms with van der Waals surface area (Å²) < 4.78 is 0. The summed E-state index contributed by atoms with van der Waals surface area (Å²) in [5.41, 5.74) is 2.60. The molecule has 1 fully saturated rings. The Kier molecular flexibility index (Phi) is 6.19. The van der Waals surface area contributed by atoms with Crippen LogP contribution in [0.15, 0.2) is 36.7 Å². The van der Waals surface area contributed by atoms with Gasteiger partial charge in [-0.3, -0.25) is 14.8 Å². The number of likely N-dealkylation sites (tertiary alicyclic amines) is 1. The Bertz CT molecular complexity index is 672. The first-order chi connectivity index (χ1) is 12.3. The van der Waals surface area contributed by atoms with Crippen molar-refractivity contribution in [1.82, 2.24) is 20.4 Å². The molecule has 1 saturated heterocycles. The van der Waals surface area contributed by atoms with Crippen molar-refractivity contribution in [3.63, 3.8) is 0 Å². The zero-order valence-corrected chi connectivity index (χ0v) is 14.4. The third-order valence-electron chi connectivity index (χ3n) is 4.82. The van der Waals surface area contributed by atoms with Gasteiger partial charge in [-0.15, -0.1) is 0 Å². The van der Waals surface area contributed by atoms with Gasteiger partial charge in [-0.05, 0) is 43.5 Å². The number of aliphatic hydroxyl groups excluding tert-OH is 1. The fourth-order valence-electron chi connectivity index (χ4n) is 3.40. The molecule has 1 atom stereocenters. The Labute approximate surface area is 148 Å². The highest BCUT2D eigenvalue weighted by Crippen LogP contribution is 2.19. The molecule has 0 aliphatic carbocycles. The van der Waals surface area contributed by atoms with Crippen molar-refractivity contribution in [2.45, 2.75) is 31.7 Å². The molecule has 3 N–H and O–H groups in total. The second-order valence-corrected chi connectivity index (χ2v) is 6.55. The number of hydrogen-bond donors (Lipinski definition) is 3. The van der Waals surface area contributed by atoms with Gasteiger partial charge < -0.3 is 10.4 Å². The van der Waals surface area contributed by atoms with E-state index in [1.54, 1.807) is 6.20 Å². The molecule has 6 nitrogen and oxygen atoms in total. The number of aromatic amines is 1. The summed E-state index contributed by atoms with van der Waals surface area (Å²) in [5, 5.41) is 19.2. The molecule has 6 heteroatoms. The summed E-state index contributed by atoms with van der Waals surface area (Å²) in [6.07, 6.45) is 7.92. The molecule has 0 saturated carbocycles. The van der Waals surface area contributed by atoms with Gasteiger partial charge in [0.15, 0.2) is 0 Å². The minimum Gasteiger partial charge on any atom is -0.395 e. The lowest BCUT2D eigenvalue weighted by Crippen LogP contribution is -2.43. The van der Waals surface area contributed by atoms with Crippen LogP contribution in [-0.2, 0) is 0 Å². The number of amides is 1. The average Bonchev–Trinajstić information content (AvgIpc) is 3.20. The second-order valence-electron chi connectivity index (χ2n) is 6.55. The summed E-state index contributed by atoms with van der Waals surface area (Å²) in [6.45, 7) is 2.84. The van der Waals surface area contributed by atoms with Crippen LogP contribution in [0.3, 0.4) is 0 Å². The van der Waals surface area contributed by atoms with E-state index in [2.05, 4.69) is 20.4 Å². The molecular weight excluding hydrogens is 316 g/mol. The number of nitrogens with zero attached hydrogens (tertiary/aromatic N) is 2. The summed E-state index contributed by atoms with van der Waals surface area (Å²) >= 11 is 0. The van der Waals surface area contributed by atoms with E-state index in [9.17, 15) is 9.90 Å². The summed E-state index contributed by atoms with van der Waals surface area (Å²) in [6, 6.07) is 7.85. The Balaban J connectivity index is 1.47. The molecule has 0 unspecified atom stereocenters. The number of aliphatic hydroxyl groups is 1. The second kappa shape index (κ2) is 8.78. The number of hydrogen-bond acceptors (Lipinski definition) is 4. The Morgan fingerprint density at radius 2 is 2.28 bits per heavy atom. The first-order valence-electron chi connectivity index (χ1n) is 9.00. The minimum atomic E-state index is -0.0531. The molecule has 25 heavy (non-hydrogen) atoms. The lowest BCUT2D eigenvalue weighted by molar-refractivity contribution is 0.0868. The molecular formula is C19H26N4O2. The van der Waals surface area contributed by atoms with Crippen LogP contribution < -0.4 is 5.32 Å². The zero-order valence-electron chi connectivity index (χ0n) is 14.4. The highest BCUT2D eigenvalue weighted by molar-refractivity contribution is 5.95. The monoisotopic (exact) mass is 342 g/mol. The fraction of sp³-hybridized carbons (Fsp3) is 0.474. The van der Waals surface area contributed by atoms with Crippen LogP contribution in [0, 0.1) is 0 Å². The van der Waals surface area contributed by atoms with Crippen molar-refractivity contribution >= 4 is 5.91 Å². The van der Waals surface area contributed by atoms with E-state index >= 15 is 0 Å². The Hall–Kier alpha value is -2.18. The molecule has 1 aliphatic heterocycles. The topological polar surface area (TPSA) is 81.2 Å². The molecule has 0 radical (unpaired) electrons. The van der Waals surface area contributed by atoms with Gasteiger partial charge in [0.2, 0.25) is 0 Å². The molecule has 0 bridgehead atoms. The molecule has 1 amide bonds. The van der Waals surface area contributed by atoms with Crippen molar-refractivity contribution in [2.75, 3.05) is 26.2 Å². The van der Waals surface area contributed by atoms with E-state index in [0.29, 0.717) is 12.1 Å². The number of carbonyl (C=O) groups excluding carboxylic acids is 1. The zero-order chi connectivity index (χ0) is 17.5. The van der Waals surface area contributed by atoms with Crippen LogP contribution in [0.5, 0.6) is 0 Å². The molecule has 1 aromatic carbocycles. The van der Waals surface area contributed by atoms with Crippen LogP contribution in [0.4, 0.5) is 0 Å². The maximum absolute atomic E-state index is 12.3. The fourth-order valence-corrected chi connectivity index (χ4v) is 3.40. The lowest BCUT2D eigenvalue weighted by atomic mass is 10.0. The van der Waals surface area contributed by atoms with Gasteiger partial charge in [0, 0.05) is 36.5 Å². The first kappa shape index (κ1) is 17.6. The van der Waals surface area contributed by atoms with Crippen LogP contribution >= 0.6 is 0 Å². The maximum Gasteiger partial charge on any atom is 0.251 e. The smallest absolute Gasteiger partial charge is 0.251 e. The van der Waals surface area contributed by atoms with Gasteiger partial charge in [-0.2, -0.15) is 5.10 Å². The Morgan fingerprint density at radius 1 is 1.36 bits per heavy atom. The summed E-state index contributed by atoms with van der Waals surface area (Å²) in [7, 11) is 0. The molecule has 1 aliphatic rings. The van der Waals surface area contributed by atoms with Crippen molar-refractivity contribution in [2.24, 2.45) is 0 Å². The highest BCUT2D eigenvalue weighted by atomic mass is 16.3. The number of H-pyrrole nitrogens is 1. The minimum absolute atomic E-state index is 0.0531.